The smallest absolute Gasteiger partial charge is 0.318 e. The van der Waals surface area contributed by atoms with Crippen molar-refractivity contribution in [2.75, 3.05) is 13.7 Å². The molecule has 0 saturated heterocycles. The summed E-state index contributed by atoms with van der Waals surface area (Å²) in [7, 11) is 1.54. The van der Waals surface area contributed by atoms with Crippen molar-refractivity contribution in [2.45, 2.75) is 33.3 Å². The third-order valence-corrected chi connectivity index (χ3v) is 2.33. The van der Waals surface area contributed by atoms with Crippen LogP contribution in [0.2, 0.25) is 0 Å². The van der Waals surface area contributed by atoms with Crippen LogP contribution in [0.25, 0.3) is 0 Å². The van der Waals surface area contributed by atoms with E-state index in [0.29, 0.717) is 0 Å². The predicted octanol–water partition coefficient (Wildman–Crippen LogP) is 0.638. The Balaban J connectivity index is 4.34. The minimum absolute atomic E-state index is 0.277. The van der Waals surface area contributed by atoms with Crippen LogP contribution in [-0.4, -0.2) is 36.2 Å². The molecule has 0 unspecified atom stereocenters. The third kappa shape index (κ3) is 3.87. The fourth-order valence-corrected chi connectivity index (χ4v) is 0.683. The van der Waals surface area contributed by atoms with E-state index in [2.05, 4.69) is 5.32 Å². The van der Waals surface area contributed by atoms with Crippen molar-refractivity contribution < 1.29 is 19.4 Å². The summed E-state index contributed by atoms with van der Waals surface area (Å²) in [5, 5.41) is 11.4. The van der Waals surface area contributed by atoms with Crippen molar-refractivity contribution in [3.05, 3.63) is 0 Å². The lowest BCUT2D eigenvalue weighted by Gasteiger charge is -2.26. The average Bonchev–Trinajstić information content (AvgIpc) is 2.14. The van der Waals surface area contributed by atoms with Gasteiger partial charge in [0.1, 0.15) is 5.41 Å². The molecule has 1 amide bonds. The van der Waals surface area contributed by atoms with E-state index in [1.165, 1.54) is 21.0 Å². The van der Waals surface area contributed by atoms with Crippen LogP contribution in [0.3, 0.4) is 0 Å². The molecule has 5 heteroatoms. The van der Waals surface area contributed by atoms with Gasteiger partial charge in [0.25, 0.3) is 0 Å². The van der Waals surface area contributed by atoms with Crippen LogP contribution in [0.4, 0.5) is 0 Å². The van der Waals surface area contributed by atoms with Crippen LogP contribution >= 0.6 is 0 Å². The molecule has 15 heavy (non-hydrogen) atoms. The molecule has 0 bridgehead atoms. The van der Waals surface area contributed by atoms with Crippen LogP contribution in [0, 0.1) is 5.41 Å². The second kappa shape index (κ2) is 4.61. The zero-order chi connectivity index (χ0) is 12.3. The first-order chi connectivity index (χ1) is 6.63. The first-order valence-electron chi connectivity index (χ1n) is 4.70. The Labute approximate surface area is 89.8 Å². The highest BCUT2D eigenvalue weighted by molar-refractivity contribution is 6.00. The number of nitrogens with one attached hydrogen (secondary N) is 1. The number of carbonyl (C=O) groups is 2. The van der Waals surface area contributed by atoms with Gasteiger partial charge in [-0.2, -0.15) is 0 Å². The van der Waals surface area contributed by atoms with Gasteiger partial charge in [0.05, 0.1) is 5.60 Å². The molecule has 0 aromatic heterocycles. The number of rotatable bonds is 5. The lowest BCUT2D eigenvalue weighted by molar-refractivity contribution is -0.153. The first kappa shape index (κ1) is 13.9. The Hall–Kier alpha value is -1.10. The van der Waals surface area contributed by atoms with Crippen LogP contribution in [0.1, 0.15) is 27.7 Å². The van der Waals surface area contributed by atoms with Crippen molar-refractivity contribution in [1.82, 2.24) is 5.32 Å². The van der Waals surface area contributed by atoms with E-state index < -0.39 is 22.9 Å². The molecule has 0 rings (SSSR count). The molecule has 0 radical (unpaired) electrons. The van der Waals surface area contributed by atoms with Crippen LogP contribution in [0.5, 0.6) is 0 Å². The summed E-state index contributed by atoms with van der Waals surface area (Å²) in [5.41, 5.74) is -1.91. The minimum atomic E-state index is -1.41. The normalized spacial score (nSPS) is 12.3. The van der Waals surface area contributed by atoms with Crippen LogP contribution in [0.15, 0.2) is 0 Å². The van der Waals surface area contributed by atoms with E-state index in [1.54, 1.807) is 13.8 Å². The van der Waals surface area contributed by atoms with E-state index >= 15 is 0 Å². The molecule has 2 N–H and O–H groups in total. The SMILES string of the molecule is COC(C)(C)CNC(=O)C(C)(C)C(=O)O. The summed E-state index contributed by atoms with van der Waals surface area (Å²) in [6, 6.07) is 0. The lowest BCUT2D eigenvalue weighted by atomic mass is 9.92. The van der Waals surface area contributed by atoms with E-state index in [0.717, 1.165) is 0 Å². The van der Waals surface area contributed by atoms with Gasteiger partial charge in [-0.05, 0) is 27.7 Å². The minimum Gasteiger partial charge on any atom is -0.480 e. The highest BCUT2D eigenvalue weighted by Crippen LogP contribution is 2.15. The van der Waals surface area contributed by atoms with Crippen molar-refractivity contribution in [2.24, 2.45) is 5.41 Å². The van der Waals surface area contributed by atoms with Gasteiger partial charge in [-0.1, -0.05) is 0 Å². The number of ether oxygens (including phenoxy) is 1. The maximum absolute atomic E-state index is 11.5. The highest BCUT2D eigenvalue weighted by Gasteiger charge is 2.36. The Bertz CT molecular complexity index is 258. The first-order valence-corrected chi connectivity index (χ1v) is 4.70. The third-order valence-electron chi connectivity index (χ3n) is 2.33. The topological polar surface area (TPSA) is 75.6 Å². The fraction of sp³-hybridized carbons (Fsp3) is 0.800. The Kier molecular flexibility index (Phi) is 4.27. The second-order valence-electron chi connectivity index (χ2n) is 4.58. The van der Waals surface area contributed by atoms with E-state index in [1.807, 2.05) is 0 Å². The zero-order valence-electron chi connectivity index (χ0n) is 9.88. The summed E-state index contributed by atoms with van der Waals surface area (Å²) in [5.74, 6) is -1.66. The molecule has 0 aromatic carbocycles. The molecule has 0 aliphatic rings. The van der Waals surface area contributed by atoms with Crippen molar-refractivity contribution in [3.8, 4) is 0 Å². The summed E-state index contributed by atoms with van der Waals surface area (Å²) in [4.78, 5) is 22.3. The average molecular weight is 217 g/mol. The number of carboxylic acid groups (broad SMARTS) is 1. The maximum atomic E-state index is 11.5. The summed E-state index contributed by atoms with van der Waals surface area (Å²) in [6.45, 7) is 6.62. The molecule has 0 aliphatic heterocycles. The standard InChI is InChI=1S/C10H19NO4/c1-9(2,15-5)6-11-7(12)10(3,4)8(13)14/h6H2,1-5H3,(H,11,12)(H,13,14). The Morgan fingerprint density at radius 3 is 2.07 bits per heavy atom. The number of methoxy groups -OCH3 is 1. The lowest BCUT2D eigenvalue weighted by Crippen LogP contribution is -2.47. The summed E-state index contributed by atoms with van der Waals surface area (Å²) in [6.07, 6.45) is 0. The number of hydrogen-bond acceptors (Lipinski definition) is 3. The van der Waals surface area contributed by atoms with Crippen LogP contribution in [-0.2, 0) is 14.3 Å². The number of carboxylic acids is 1. The van der Waals surface area contributed by atoms with E-state index in [9.17, 15) is 9.59 Å². The molecular formula is C10H19NO4. The number of amides is 1. The van der Waals surface area contributed by atoms with Gasteiger partial charge in [-0.3, -0.25) is 9.59 Å². The summed E-state index contributed by atoms with van der Waals surface area (Å²) >= 11 is 0. The van der Waals surface area contributed by atoms with E-state index in [-0.39, 0.29) is 6.54 Å². The number of hydrogen-bond donors (Lipinski definition) is 2. The Morgan fingerprint density at radius 1 is 1.27 bits per heavy atom. The summed E-state index contributed by atoms with van der Waals surface area (Å²) < 4.78 is 5.10. The molecule has 0 aromatic rings. The van der Waals surface area contributed by atoms with Gasteiger partial charge in [0.2, 0.25) is 5.91 Å². The molecule has 0 saturated carbocycles. The highest BCUT2D eigenvalue weighted by atomic mass is 16.5. The van der Waals surface area contributed by atoms with Crippen LogP contribution < -0.4 is 5.32 Å². The molecule has 0 aliphatic carbocycles. The van der Waals surface area contributed by atoms with Crippen molar-refractivity contribution in [3.63, 3.8) is 0 Å². The predicted molar refractivity (Wildman–Crippen MR) is 55.5 cm³/mol. The van der Waals surface area contributed by atoms with Gasteiger partial charge in [-0.15, -0.1) is 0 Å². The molecule has 5 nitrogen and oxygen atoms in total. The quantitative estimate of drug-likeness (QED) is 0.662. The fourth-order valence-electron chi connectivity index (χ4n) is 0.683. The van der Waals surface area contributed by atoms with Gasteiger partial charge >= 0.3 is 5.97 Å². The van der Waals surface area contributed by atoms with Crippen molar-refractivity contribution >= 4 is 11.9 Å². The Morgan fingerprint density at radius 2 is 1.73 bits per heavy atom. The molecule has 0 heterocycles. The molecule has 0 spiro atoms. The monoisotopic (exact) mass is 217 g/mol. The largest absolute Gasteiger partial charge is 0.480 e. The zero-order valence-corrected chi connectivity index (χ0v) is 9.88. The molecule has 0 atom stereocenters. The second-order valence-corrected chi connectivity index (χ2v) is 4.58. The van der Waals surface area contributed by atoms with Gasteiger partial charge in [0.15, 0.2) is 0 Å². The molecule has 0 fully saturated rings. The maximum Gasteiger partial charge on any atom is 0.318 e. The molecular weight excluding hydrogens is 198 g/mol. The molecule has 88 valence electrons. The van der Waals surface area contributed by atoms with Gasteiger partial charge < -0.3 is 15.2 Å². The number of aliphatic carboxylic acids is 1. The van der Waals surface area contributed by atoms with E-state index in [4.69, 9.17) is 9.84 Å². The van der Waals surface area contributed by atoms with Gasteiger partial charge in [0, 0.05) is 13.7 Å². The van der Waals surface area contributed by atoms with Crippen molar-refractivity contribution in [1.29, 1.82) is 0 Å². The van der Waals surface area contributed by atoms with Gasteiger partial charge in [-0.25, -0.2) is 0 Å². The number of carbonyl (C=O) groups excluding carboxylic acids is 1.